The Morgan fingerprint density at radius 3 is 2.36 bits per heavy atom. The number of hydrogen-bond donors (Lipinski definition) is 5. The number of aromatic nitrogens is 2. The molecular formula is C44H47ClFN11O4. The molecule has 17 heteroatoms. The molecule has 6 N–H and O–H groups in total. The van der Waals surface area contributed by atoms with Crippen LogP contribution in [-0.2, 0) is 17.8 Å². The number of aryl methyl sites for hydroxylation is 2. The monoisotopic (exact) mass is 847 g/mol. The van der Waals surface area contributed by atoms with Crippen LogP contribution < -0.4 is 41.7 Å². The lowest BCUT2D eigenvalue weighted by molar-refractivity contribution is -0.120. The van der Waals surface area contributed by atoms with E-state index < -0.39 is 23.8 Å². The van der Waals surface area contributed by atoms with Crippen LogP contribution in [0.15, 0.2) is 77.5 Å². The Hall–Kier alpha value is -6.39. The lowest BCUT2D eigenvalue weighted by atomic mass is 9.98. The Labute approximate surface area is 357 Å². The van der Waals surface area contributed by atoms with Crippen molar-refractivity contribution in [1.29, 1.82) is 0 Å². The highest BCUT2D eigenvalue weighted by Gasteiger charge is 2.32. The number of nitrogens with zero attached hydrogens (tertiary/aromatic N) is 6. The van der Waals surface area contributed by atoms with Crippen LogP contribution in [0, 0.1) is 18.7 Å². The van der Waals surface area contributed by atoms with Crippen molar-refractivity contribution in [1.82, 2.24) is 30.6 Å². The van der Waals surface area contributed by atoms with Crippen molar-refractivity contribution in [2.45, 2.75) is 39.4 Å². The minimum atomic E-state index is -0.744. The smallest absolute Gasteiger partial charge is 0.328 e. The zero-order valence-corrected chi connectivity index (χ0v) is 34.7. The van der Waals surface area contributed by atoms with Crippen LogP contribution in [0.2, 0.25) is 0 Å². The van der Waals surface area contributed by atoms with Crippen molar-refractivity contribution in [2.24, 2.45) is 11.7 Å². The molecule has 0 spiro atoms. The molecule has 4 aromatic rings. The number of urea groups is 1. The second-order valence-electron chi connectivity index (χ2n) is 16.2. The fourth-order valence-electron chi connectivity index (χ4n) is 8.81. The molecule has 15 nitrogen and oxygen atoms in total. The summed E-state index contributed by atoms with van der Waals surface area (Å²) in [7, 11) is 0. The minimum absolute atomic E-state index is 0.0765. The summed E-state index contributed by atoms with van der Waals surface area (Å²) >= 11 is 6.11. The predicted molar refractivity (Wildman–Crippen MR) is 233 cm³/mol. The molecule has 61 heavy (non-hydrogen) atoms. The summed E-state index contributed by atoms with van der Waals surface area (Å²) in [5.74, 6) is -1.14. The highest BCUT2D eigenvalue weighted by Crippen LogP contribution is 2.38. The van der Waals surface area contributed by atoms with E-state index in [4.69, 9.17) is 22.4 Å². The Morgan fingerprint density at radius 2 is 1.64 bits per heavy atom. The maximum atomic E-state index is 16.1. The second-order valence-corrected chi connectivity index (χ2v) is 16.6. The number of halogens is 2. The molecule has 9 rings (SSSR count). The number of fused-ring (bicyclic) bond motifs is 2. The van der Waals surface area contributed by atoms with E-state index in [0.717, 1.165) is 74.1 Å². The van der Waals surface area contributed by atoms with Gasteiger partial charge in [0.15, 0.2) is 0 Å². The van der Waals surface area contributed by atoms with Gasteiger partial charge in [0.1, 0.15) is 29.1 Å². The number of rotatable bonds is 9. The van der Waals surface area contributed by atoms with Crippen molar-refractivity contribution in [3.05, 3.63) is 106 Å². The summed E-state index contributed by atoms with van der Waals surface area (Å²) in [5.41, 5.74) is 12.2. The number of benzene rings is 3. The van der Waals surface area contributed by atoms with Crippen molar-refractivity contribution in [3.63, 3.8) is 0 Å². The van der Waals surface area contributed by atoms with Gasteiger partial charge >= 0.3 is 6.03 Å². The maximum absolute atomic E-state index is 16.1. The van der Waals surface area contributed by atoms with E-state index >= 15 is 4.39 Å². The van der Waals surface area contributed by atoms with Crippen LogP contribution in [0.25, 0.3) is 11.3 Å². The first-order valence-corrected chi connectivity index (χ1v) is 20.9. The molecule has 5 aliphatic rings. The number of nitrogens with one attached hydrogen (secondary N) is 4. The highest BCUT2D eigenvalue weighted by molar-refractivity contribution is 6.31. The normalized spacial score (nSPS) is 19.3. The second kappa shape index (κ2) is 16.2. The van der Waals surface area contributed by atoms with Gasteiger partial charge in [-0.3, -0.25) is 29.5 Å². The molecule has 316 valence electrons. The SMILES string of the molecule is CC1=C(Cl)C=CC(NC(=O)c2ccc(-c3nn4c(c3C(N)=O)Nc3ccc(N5CCN(CC6CN(c7ccc(N8CCC(=O)NC8=O)cc7)C6)CC5)cc3CC4)c(F)c2C)N1. The molecule has 3 fully saturated rings. The zero-order chi connectivity index (χ0) is 42.5. The first kappa shape index (κ1) is 40.0. The molecule has 6 heterocycles. The number of carbonyl (C=O) groups excluding carboxylic acids is 4. The van der Waals surface area contributed by atoms with Gasteiger partial charge < -0.3 is 31.5 Å². The van der Waals surface area contributed by atoms with Crippen LogP contribution >= 0.6 is 11.6 Å². The van der Waals surface area contributed by atoms with Gasteiger partial charge in [-0.05, 0) is 98.1 Å². The van der Waals surface area contributed by atoms with E-state index in [-0.39, 0.29) is 39.9 Å². The third-order valence-electron chi connectivity index (χ3n) is 12.3. The summed E-state index contributed by atoms with van der Waals surface area (Å²) in [6.45, 7) is 10.9. The lowest BCUT2D eigenvalue weighted by Crippen LogP contribution is -2.55. The van der Waals surface area contributed by atoms with E-state index in [1.807, 2.05) is 30.3 Å². The standard InChI is InChI=1S/C44H47ClFN11O4/c1-25-32(43(60)50-36-12-10-34(45)26(2)48-36)8-9-33(39(25)46)40-38(41(47)59)42-49-35-11-7-31(21-28(35)13-16-57(42)52-40)54-19-17-53(18-20-54)22-27-23-55(24-27)29-3-5-30(6-4-29)56-15-14-37(58)51-44(56)61/h3-12,21,27,36,48-49H,13-20,22-24H2,1-2H3,(H2,47,59)(H,50,60)(H,51,58,61). The Balaban J connectivity index is 0.807. The van der Waals surface area contributed by atoms with E-state index in [9.17, 15) is 19.2 Å². The van der Waals surface area contributed by atoms with Gasteiger partial charge in [0.25, 0.3) is 11.8 Å². The molecule has 1 unspecified atom stereocenters. The topological polar surface area (TPSA) is 173 Å². The first-order valence-electron chi connectivity index (χ1n) is 20.6. The number of amides is 5. The first-order chi connectivity index (χ1) is 29.4. The van der Waals surface area contributed by atoms with Gasteiger partial charge in [-0.25, -0.2) is 13.9 Å². The minimum Gasteiger partial charge on any atom is -0.371 e. The van der Waals surface area contributed by atoms with Gasteiger partial charge in [0.05, 0.1) is 5.03 Å². The third kappa shape index (κ3) is 7.88. The van der Waals surface area contributed by atoms with Crippen molar-refractivity contribution in [2.75, 3.05) is 72.4 Å². The number of carbonyl (C=O) groups is 4. The van der Waals surface area contributed by atoms with Crippen molar-refractivity contribution < 1.29 is 23.6 Å². The Kier molecular flexibility index (Phi) is 10.7. The molecule has 3 aromatic carbocycles. The molecule has 5 aliphatic heterocycles. The maximum Gasteiger partial charge on any atom is 0.328 e. The molecule has 0 saturated carbocycles. The fourth-order valence-corrected chi connectivity index (χ4v) is 8.94. The van der Waals surface area contributed by atoms with Crippen LogP contribution in [0.5, 0.6) is 0 Å². The zero-order valence-electron chi connectivity index (χ0n) is 33.9. The van der Waals surface area contributed by atoms with Crippen LogP contribution in [-0.4, -0.2) is 97.0 Å². The fraction of sp³-hybridized carbons (Fsp3) is 0.341. The molecule has 5 amide bonds. The van der Waals surface area contributed by atoms with Crippen molar-refractivity contribution in [3.8, 4) is 11.3 Å². The number of dihydropyridines is 1. The number of piperazine rings is 1. The molecule has 0 aliphatic carbocycles. The van der Waals surface area contributed by atoms with E-state index in [1.165, 1.54) is 19.1 Å². The largest absolute Gasteiger partial charge is 0.371 e. The average Bonchev–Trinajstić information content (AvgIpc) is 3.49. The number of anilines is 5. The number of nitrogens with two attached hydrogens (primary N) is 1. The molecule has 0 bridgehead atoms. The van der Waals surface area contributed by atoms with Crippen molar-refractivity contribution >= 4 is 63.9 Å². The van der Waals surface area contributed by atoms with Gasteiger partial charge in [0.2, 0.25) is 5.91 Å². The van der Waals surface area contributed by atoms with Crippen LogP contribution in [0.1, 0.15) is 45.2 Å². The summed E-state index contributed by atoms with van der Waals surface area (Å²) in [5, 5.41) is 16.9. The Morgan fingerprint density at radius 1 is 0.902 bits per heavy atom. The number of imide groups is 1. The van der Waals surface area contributed by atoms with Crippen LogP contribution in [0.4, 0.5) is 37.8 Å². The molecule has 1 aromatic heterocycles. The average molecular weight is 848 g/mol. The van der Waals surface area contributed by atoms with E-state index in [1.54, 1.807) is 28.7 Å². The number of hydrogen-bond acceptors (Lipinski definition) is 10. The summed E-state index contributed by atoms with van der Waals surface area (Å²) in [4.78, 5) is 58.8. The van der Waals surface area contributed by atoms with Gasteiger partial charge in [0, 0.05) is 111 Å². The highest BCUT2D eigenvalue weighted by atomic mass is 35.5. The van der Waals surface area contributed by atoms with Gasteiger partial charge in [-0.2, -0.15) is 5.10 Å². The molecule has 3 saturated heterocycles. The summed E-state index contributed by atoms with van der Waals surface area (Å²) in [6, 6.07) is 16.9. The van der Waals surface area contributed by atoms with Crippen LogP contribution in [0.3, 0.4) is 0 Å². The number of primary amides is 1. The predicted octanol–water partition coefficient (Wildman–Crippen LogP) is 4.79. The molecule has 0 radical (unpaired) electrons. The van der Waals surface area contributed by atoms with E-state index in [0.29, 0.717) is 48.4 Å². The molecule has 1 atom stereocenters. The van der Waals surface area contributed by atoms with Gasteiger partial charge in [-0.15, -0.1) is 0 Å². The third-order valence-corrected chi connectivity index (χ3v) is 12.7. The van der Waals surface area contributed by atoms with Gasteiger partial charge in [-0.1, -0.05) is 11.6 Å². The molecular weight excluding hydrogens is 801 g/mol. The van der Waals surface area contributed by atoms with E-state index in [2.05, 4.69) is 48.1 Å². The quantitative estimate of drug-likeness (QED) is 0.158. The lowest BCUT2D eigenvalue weighted by Gasteiger charge is -2.45. The summed E-state index contributed by atoms with van der Waals surface area (Å²) < 4.78 is 17.8. The summed E-state index contributed by atoms with van der Waals surface area (Å²) in [6.07, 6.45) is 3.82. The number of allylic oxidation sites excluding steroid dienone is 3. The Bertz CT molecular complexity index is 2510.